The van der Waals surface area contributed by atoms with Gasteiger partial charge in [0.15, 0.2) is 0 Å². The number of carbonyl (C=O) groups excluding carboxylic acids is 1. The van der Waals surface area contributed by atoms with E-state index in [2.05, 4.69) is 4.98 Å². The van der Waals surface area contributed by atoms with E-state index in [-0.39, 0.29) is 36.1 Å². The molecular weight excluding hydrogens is 247 g/mol. The van der Waals surface area contributed by atoms with Crippen molar-refractivity contribution >= 4 is 17.5 Å². The van der Waals surface area contributed by atoms with Crippen molar-refractivity contribution in [2.45, 2.75) is 18.6 Å². The van der Waals surface area contributed by atoms with Gasteiger partial charge in [-0.25, -0.2) is 4.39 Å². The van der Waals surface area contributed by atoms with E-state index < -0.39 is 12.2 Å². The smallest absolute Gasteiger partial charge is 0.255 e. The quantitative estimate of drug-likeness (QED) is 0.869. The van der Waals surface area contributed by atoms with Gasteiger partial charge in [0.1, 0.15) is 6.17 Å². The maximum atomic E-state index is 13.2. The highest BCUT2D eigenvalue weighted by Gasteiger charge is 2.35. The molecule has 1 aliphatic heterocycles. The molecule has 1 saturated heterocycles. The van der Waals surface area contributed by atoms with Crippen molar-refractivity contribution in [3.63, 3.8) is 0 Å². The average molecular weight is 259 g/mol. The van der Waals surface area contributed by atoms with Crippen molar-refractivity contribution in [1.29, 1.82) is 0 Å². The van der Waals surface area contributed by atoms with Gasteiger partial charge in [0.05, 0.1) is 29.8 Å². The third-order valence-corrected chi connectivity index (χ3v) is 3.14. The second-order valence-corrected chi connectivity index (χ2v) is 4.39. The molecule has 17 heavy (non-hydrogen) atoms. The van der Waals surface area contributed by atoms with Crippen LogP contribution in [-0.2, 0) is 0 Å². The molecule has 0 spiro atoms. The number of alkyl halides is 1. The Bertz CT molecular complexity index is 430. The molecule has 1 amide bonds. The number of carbonyl (C=O) groups is 1. The standard InChI is InChI=1S/C11H12ClFN2O2/c12-10-4-14-2-1-9(10)11(17)15-5-7(13)3-8(15)6-16/h1-2,4,7-8,16H,3,5-6H2/t7-,8-/m0/s1. The fourth-order valence-electron chi connectivity index (χ4n) is 1.98. The van der Waals surface area contributed by atoms with Crippen LogP contribution in [0.2, 0.25) is 5.02 Å². The lowest BCUT2D eigenvalue weighted by Gasteiger charge is -2.22. The van der Waals surface area contributed by atoms with Crippen molar-refractivity contribution in [2.75, 3.05) is 13.2 Å². The Morgan fingerprint density at radius 3 is 3.12 bits per heavy atom. The summed E-state index contributed by atoms with van der Waals surface area (Å²) in [6, 6.07) is 1.02. The maximum absolute atomic E-state index is 13.2. The molecule has 92 valence electrons. The highest BCUT2D eigenvalue weighted by molar-refractivity contribution is 6.33. The zero-order valence-corrected chi connectivity index (χ0v) is 9.77. The monoisotopic (exact) mass is 258 g/mol. The van der Waals surface area contributed by atoms with Gasteiger partial charge in [-0.3, -0.25) is 9.78 Å². The summed E-state index contributed by atoms with van der Waals surface area (Å²) in [4.78, 5) is 17.2. The van der Waals surface area contributed by atoms with Crippen LogP contribution < -0.4 is 0 Å². The zero-order valence-electron chi connectivity index (χ0n) is 9.01. The molecule has 0 unspecified atom stereocenters. The molecule has 2 rings (SSSR count). The second kappa shape index (κ2) is 4.98. The third-order valence-electron chi connectivity index (χ3n) is 2.84. The molecule has 1 aliphatic rings. The number of nitrogens with zero attached hydrogens (tertiary/aromatic N) is 2. The summed E-state index contributed by atoms with van der Waals surface area (Å²) >= 11 is 5.86. The Morgan fingerprint density at radius 2 is 2.47 bits per heavy atom. The van der Waals surface area contributed by atoms with E-state index in [0.29, 0.717) is 0 Å². The highest BCUT2D eigenvalue weighted by Crippen LogP contribution is 2.24. The van der Waals surface area contributed by atoms with Gasteiger partial charge in [0.2, 0.25) is 0 Å². The second-order valence-electron chi connectivity index (χ2n) is 3.98. The Morgan fingerprint density at radius 1 is 1.71 bits per heavy atom. The number of aliphatic hydroxyl groups is 1. The van der Waals surface area contributed by atoms with Crippen LogP contribution in [0.5, 0.6) is 0 Å². The van der Waals surface area contributed by atoms with E-state index in [1.165, 1.54) is 23.4 Å². The number of hydrogen-bond acceptors (Lipinski definition) is 3. The van der Waals surface area contributed by atoms with Gasteiger partial charge < -0.3 is 10.0 Å². The van der Waals surface area contributed by atoms with E-state index in [4.69, 9.17) is 16.7 Å². The SMILES string of the molecule is O=C(c1ccncc1Cl)N1C[C@@H](F)C[C@H]1CO. The third kappa shape index (κ3) is 2.40. The van der Waals surface area contributed by atoms with E-state index >= 15 is 0 Å². The van der Waals surface area contributed by atoms with Crippen LogP contribution in [0.1, 0.15) is 16.8 Å². The molecule has 0 radical (unpaired) electrons. The summed E-state index contributed by atoms with van der Waals surface area (Å²) < 4.78 is 13.2. The van der Waals surface area contributed by atoms with Gasteiger partial charge in [0.25, 0.3) is 5.91 Å². The summed E-state index contributed by atoms with van der Waals surface area (Å²) in [6.07, 6.45) is 1.91. The van der Waals surface area contributed by atoms with Crippen LogP contribution in [0, 0.1) is 0 Å². The Kier molecular flexibility index (Phi) is 3.59. The summed E-state index contributed by atoms with van der Waals surface area (Å²) in [5.41, 5.74) is 0.286. The molecule has 1 aromatic rings. The minimum atomic E-state index is -1.09. The fraction of sp³-hybridized carbons (Fsp3) is 0.455. The summed E-state index contributed by atoms with van der Waals surface area (Å²) in [7, 11) is 0. The molecule has 1 N–H and O–H groups in total. The number of hydrogen-bond donors (Lipinski definition) is 1. The molecule has 1 aromatic heterocycles. The van der Waals surface area contributed by atoms with Crippen molar-refractivity contribution < 1.29 is 14.3 Å². The van der Waals surface area contributed by atoms with E-state index in [1.807, 2.05) is 0 Å². The van der Waals surface area contributed by atoms with Crippen molar-refractivity contribution in [3.05, 3.63) is 29.0 Å². The largest absolute Gasteiger partial charge is 0.394 e. The summed E-state index contributed by atoms with van der Waals surface area (Å²) in [6.45, 7) is -0.239. The number of rotatable bonds is 2. The maximum Gasteiger partial charge on any atom is 0.255 e. The first-order valence-corrected chi connectivity index (χ1v) is 5.66. The first kappa shape index (κ1) is 12.3. The van der Waals surface area contributed by atoms with Gasteiger partial charge >= 0.3 is 0 Å². The van der Waals surface area contributed by atoms with E-state index in [0.717, 1.165) is 0 Å². The molecular formula is C11H12ClFN2O2. The first-order chi connectivity index (χ1) is 8.13. The number of amides is 1. The lowest BCUT2D eigenvalue weighted by Crippen LogP contribution is -2.38. The van der Waals surface area contributed by atoms with Gasteiger partial charge in [-0.2, -0.15) is 0 Å². The Balaban J connectivity index is 2.23. The molecule has 2 atom stereocenters. The van der Waals surface area contributed by atoms with Crippen molar-refractivity contribution in [1.82, 2.24) is 9.88 Å². The van der Waals surface area contributed by atoms with Gasteiger partial charge in [-0.05, 0) is 6.07 Å². The van der Waals surface area contributed by atoms with Crippen LogP contribution in [0.4, 0.5) is 4.39 Å². The minimum absolute atomic E-state index is 0.00269. The predicted octanol–water partition coefficient (Wildman–Crippen LogP) is 1.28. The number of aromatic nitrogens is 1. The molecule has 2 heterocycles. The average Bonchev–Trinajstić information content (AvgIpc) is 2.70. The van der Waals surface area contributed by atoms with E-state index in [1.54, 1.807) is 0 Å². The van der Waals surface area contributed by atoms with Crippen LogP contribution >= 0.6 is 11.6 Å². The molecule has 0 saturated carbocycles. The van der Waals surface area contributed by atoms with E-state index in [9.17, 15) is 9.18 Å². The highest BCUT2D eigenvalue weighted by atomic mass is 35.5. The lowest BCUT2D eigenvalue weighted by atomic mass is 10.2. The number of aliphatic hydroxyl groups excluding tert-OH is 1. The zero-order chi connectivity index (χ0) is 12.4. The van der Waals surface area contributed by atoms with Gasteiger partial charge in [-0.15, -0.1) is 0 Å². The molecule has 0 aliphatic carbocycles. The van der Waals surface area contributed by atoms with Crippen molar-refractivity contribution in [3.8, 4) is 0 Å². The topological polar surface area (TPSA) is 53.4 Å². The van der Waals surface area contributed by atoms with Crippen LogP contribution in [-0.4, -0.2) is 46.3 Å². The summed E-state index contributed by atoms with van der Waals surface area (Å²) in [5.74, 6) is -0.364. The van der Waals surface area contributed by atoms with Gasteiger partial charge in [0, 0.05) is 18.8 Å². The molecule has 6 heteroatoms. The van der Waals surface area contributed by atoms with Crippen molar-refractivity contribution in [2.24, 2.45) is 0 Å². The Hall–Kier alpha value is -1.20. The molecule has 0 aromatic carbocycles. The van der Waals surface area contributed by atoms with Gasteiger partial charge in [-0.1, -0.05) is 11.6 Å². The first-order valence-electron chi connectivity index (χ1n) is 5.29. The molecule has 4 nitrogen and oxygen atoms in total. The minimum Gasteiger partial charge on any atom is -0.394 e. The van der Waals surface area contributed by atoms with Crippen LogP contribution in [0.3, 0.4) is 0 Å². The van der Waals surface area contributed by atoms with Crippen LogP contribution in [0.25, 0.3) is 0 Å². The number of likely N-dealkylation sites (tertiary alicyclic amines) is 1. The normalized spacial score (nSPS) is 24.1. The Labute approximate surface area is 103 Å². The number of halogens is 2. The lowest BCUT2D eigenvalue weighted by molar-refractivity contribution is 0.0673. The predicted molar refractivity (Wildman–Crippen MR) is 60.7 cm³/mol. The fourth-order valence-corrected chi connectivity index (χ4v) is 2.18. The number of pyridine rings is 1. The molecule has 1 fully saturated rings. The summed E-state index contributed by atoms with van der Waals surface area (Å²) in [5, 5.41) is 9.35. The van der Waals surface area contributed by atoms with Crippen LogP contribution in [0.15, 0.2) is 18.5 Å². The molecule has 0 bridgehead atoms.